The van der Waals surface area contributed by atoms with E-state index in [0.717, 1.165) is 23.2 Å². The molecule has 0 bridgehead atoms. The number of aromatic nitrogens is 4. The van der Waals surface area contributed by atoms with Gasteiger partial charge in [0.2, 0.25) is 5.95 Å². The Hall–Kier alpha value is -3.67. The molecule has 0 radical (unpaired) electrons. The highest BCUT2D eigenvalue weighted by molar-refractivity contribution is 7.14. The summed E-state index contributed by atoms with van der Waals surface area (Å²) in [7, 11) is 0. The van der Waals surface area contributed by atoms with Crippen LogP contribution in [0.2, 0.25) is 0 Å². The summed E-state index contributed by atoms with van der Waals surface area (Å²) >= 11 is 1.33. The minimum Gasteiger partial charge on any atom is -0.465 e. The predicted molar refractivity (Wildman–Crippen MR) is 117 cm³/mol. The lowest BCUT2D eigenvalue weighted by Gasteiger charge is -2.16. The van der Waals surface area contributed by atoms with Crippen LogP contribution in [-0.4, -0.2) is 37.4 Å². The zero-order chi connectivity index (χ0) is 24.3. The number of aryl methyl sites for hydroxylation is 1. The van der Waals surface area contributed by atoms with E-state index >= 15 is 0 Å². The Morgan fingerprint density at radius 2 is 1.88 bits per heavy atom. The van der Waals surface area contributed by atoms with E-state index in [0.29, 0.717) is 33.8 Å². The van der Waals surface area contributed by atoms with Gasteiger partial charge in [0.15, 0.2) is 0 Å². The van der Waals surface area contributed by atoms with Gasteiger partial charge in [-0.05, 0) is 35.9 Å². The van der Waals surface area contributed by atoms with Gasteiger partial charge in [-0.1, -0.05) is 29.5 Å². The van der Waals surface area contributed by atoms with Gasteiger partial charge >= 0.3 is 12.3 Å². The third-order valence-electron chi connectivity index (χ3n) is 5.03. The predicted octanol–water partition coefficient (Wildman–Crippen LogP) is 5.12. The van der Waals surface area contributed by atoms with Gasteiger partial charge in [-0.15, -0.1) is 10.2 Å². The van der Waals surface area contributed by atoms with Crippen molar-refractivity contribution in [2.24, 2.45) is 0 Å². The van der Waals surface area contributed by atoms with Crippen LogP contribution < -0.4 is 5.32 Å². The lowest BCUT2D eigenvalue weighted by molar-refractivity contribution is -0.141. The Balaban J connectivity index is 1.44. The molecular formula is C22H17F4N5O2S. The number of carbonyl (C=O) groups is 1. The van der Waals surface area contributed by atoms with Gasteiger partial charge in [-0.25, -0.2) is 9.78 Å². The largest absolute Gasteiger partial charge is 0.465 e. The maximum Gasteiger partial charge on any atom is 0.433 e. The molecule has 1 unspecified atom stereocenters. The van der Waals surface area contributed by atoms with Crippen LogP contribution in [0.5, 0.6) is 0 Å². The Kier molecular flexibility index (Phi) is 6.68. The average Bonchev–Trinajstić information content (AvgIpc) is 3.25. The van der Waals surface area contributed by atoms with Gasteiger partial charge in [0.1, 0.15) is 15.7 Å². The SMILES string of the molecule is O=C(O)NC(CCc1nnc(-c2ccc3cnc(F)cc3c2)s1)Cc1ccc(C(F)(F)F)nc1. The van der Waals surface area contributed by atoms with Crippen LogP contribution in [0.3, 0.4) is 0 Å². The summed E-state index contributed by atoms with van der Waals surface area (Å²) in [5.74, 6) is -0.581. The molecule has 0 spiro atoms. The molecule has 0 aliphatic heterocycles. The molecule has 3 aromatic heterocycles. The van der Waals surface area contributed by atoms with Gasteiger partial charge in [-0.3, -0.25) is 4.98 Å². The molecule has 1 aromatic carbocycles. The van der Waals surface area contributed by atoms with Gasteiger partial charge in [0, 0.05) is 41.9 Å². The van der Waals surface area contributed by atoms with E-state index < -0.39 is 30.0 Å². The smallest absolute Gasteiger partial charge is 0.433 e. The minimum atomic E-state index is -4.54. The summed E-state index contributed by atoms with van der Waals surface area (Å²) in [6.07, 6.45) is -2.29. The quantitative estimate of drug-likeness (QED) is 0.275. The van der Waals surface area contributed by atoms with Crippen molar-refractivity contribution in [2.75, 3.05) is 0 Å². The first-order valence-corrected chi connectivity index (χ1v) is 10.9. The molecule has 4 aromatic rings. The van der Waals surface area contributed by atoms with Crippen molar-refractivity contribution < 1.29 is 27.5 Å². The van der Waals surface area contributed by atoms with Crippen LogP contribution in [-0.2, 0) is 19.0 Å². The maximum atomic E-state index is 13.4. The third kappa shape index (κ3) is 5.81. The molecule has 0 aliphatic carbocycles. The maximum absolute atomic E-state index is 13.4. The van der Waals surface area contributed by atoms with E-state index in [1.807, 2.05) is 12.1 Å². The summed E-state index contributed by atoms with van der Waals surface area (Å²) in [6.45, 7) is 0. The molecule has 1 amide bonds. The molecule has 3 heterocycles. The monoisotopic (exact) mass is 491 g/mol. The lowest BCUT2D eigenvalue weighted by Crippen LogP contribution is -2.35. The number of carboxylic acid groups (broad SMARTS) is 1. The van der Waals surface area contributed by atoms with E-state index in [-0.39, 0.29) is 6.42 Å². The van der Waals surface area contributed by atoms with Crippen molar-refractivity contribution in [1.82, 2.24) is 25.5 Å². The van der Waals surface area contributed by atoms with E-state index in [1.165, 1.54) is 29.7 Å². The zero-order valence-corrected chi connectivity index (χ0v) is 18.2. The average molecular weight is 491 g/mol. The second kappa shape index (κ2) is 9.67. The molecule has 1 atom stereocenters. The van der Waals surface area contributed by atoms with E-state index in [4.69, 9.17) is 5.11 Å². The molecule has 176 valence electrons. The minimum absolute atomic E-state index is 0.174. The second-order valence-electron chi connectivity index (χ2n) is 7.51. The Morgan fingerprint density at radius 1 is 1.06 bits per heavy atom. The fraction of sp³-hybridized carbons (Fsp3) is 0.227. The number of hydrogen-bond acceptors (Lipinski definition) is 6. The highest BCUT2D eigenvalue weighted by Crippen LogP contribution is 2.29. The summed E-state index contributed by atoms with van der Waals surface area (Å²) in [5.41, 5.74) is 0.230. The number of nitrogens with one attached hydrogen (secondary N) is 1. The van der Waals surface area contributed by atoms with E-state index in [2.05, 4.69) is 25.5 Å². The zero-order valence-electron chi connectivity index (χ0n) is 17.4. The fourth-order valence-electron chi connectivity index (χ4n) is 3.41. The van der Waals surface area contributed by atoms with Gasteiger partial charge < -0.3 is 10.4 Å². The Morgan fingerprint density at radius 3 is 2.59 bits per heavy atom. The van der Waals surface area contributed by atoms with Crippen LogP contribution in [0.4, 0.5) is 22.4 Å². The van der Waals surface area contributed by atoms with Crippen molar-refractivity contribution in [1.29, 1.82) is 0 Å². The number of alkyl halides is 3. The summed E-state index contributed by atoms with van der Waals surface area (Å²) < 4.78 is 51.5. The van der Waals surface area contributed by atoms with E-state index in [1.54, 1.807) is 6.07 Å². The topological polar surface area (TPSA) is 101 Å². The summed E-state index contributed by atoms with van der Waals surface area (Å²) in [6, 6.07) is 8.36. The van der Waals surface area contributed by atoms with Crippen LogP contribution in [0.25, 0.3) is 21.3 Å². The molecule has 7 nitrogen and oxygen atoms in total. The number of rotatable bonds is 7. The molecule has 0 saturated carbocycles. The standard InChI is InChI=1S/C22H17F4N5O2S/c23-18-9-15-8-13(2-3-14(15)11-28-18)20-31-30-19(34-20)6-4-16(29-21(32)33)7-12-1-5-17(27-10-12)22(24,25)26/h1-3,5,8-11,16,29H,4,6-7H2,(H,32,33). The molecule has 2 N–H and O–H groups in total. The molecule has 0 saturated heterocycles. The highest BCUT2D eigenvalue weighted by atomic mass is 32.1. The van der Waals surface area contributed by atoms with Crippen LogP contribution in [0.15, 0.2) is 48.8 Å². The van der Waals surface area contributed by atoms with Gasteiger partial charge in [0.25, 0.3) is 0 Å². The lowest BCUT2D eigenvalue weighted by atomic mass is 10.0. The Labute approximate surface area is 194 Å². The highest BCUT2D eigenvalue weighted by Gasteiger charge is 2.32. The van der Waals surface area contributed by atoms with Crippen LogP contribution in [0, 0.1) is 5.95 Å². The van der Waals surface area contributed by atoms with Crippen molar-refractivity contribution in [3.05, 3.63) is 71.0 Å². The van der Waals surface area contributed by atoms with Crippen LogP contribution in [0.1, 0.15) is 22.7 Å². The first kappa shape index (κ1) is 23.5. The first-order valence-electron chi connectivity index (χ1n) is 10.1. The molecular weight excluding hydrogens is 474 g/mol. The second-order valence-corrected chi connectivity index (χ2v) is 8.57. The van der Waals surface area contributed by atoms with Crippen molar-refractivity contribution >= 4 is 28.2 Å². The van der Waals surface area contributed by atoms with Crippen molar-refractivity contribution in [3.63, 3.8) is 0 Å². The van der Waals surface area contributed by atoms with Gasteiger partial charge in [0.05, 0.1) is 0 Å². The number of hydrogen-bond donors (Lipinski definition) is 2. The number of amides is 1. The summed E-state index contributed by atoms with van der Waals surface area (Å²) in [4.78, 5) is 18.2. The number of benzene rings is 1. The molecule has 12 heteroatoms. The molecule has 4 rings (SSSR count). The number of pyridine rings is 2. The number of nitrogens with zero attached hydrogens (tertiary/aromatic N) is 4. The molecule has 0 fully saturated rings. The van der Waals surface area contributed by atoms with Gasteiger partial charge in [-0.2, -0.15) is 17.6 Å². The van der Waals surface area contributed by atoms with Crippen LogP contribution >= 0.6 is 11.3 Å². The molecule has 34 heavy (non-hydrogen) atoms. The number of fused-ring (bicyclic) bond motifs is 1. The number of halogens is 4. The normalized spacial score (nSPS) is 12.6. The van der Waals surface area contributed by atoms with E-state index in [9.17, 15) is 22.4 Å². The third-order valence-corrected chi connectivity index (χ3v) is 6.07. The summed E-state index contributed by atoms with van der Waals surface area (Å²) in [5, 5.41) is 22.6. The Bertz CT molecular complexity index is 1310. The molecule has 0 aliphatic rings. The fourth-order valence-corrected chi connectivity index (χ4v) is 4.26. The van der Waals surface area contributed by atoms with Crippen molar-refractivity contribution in [3.8, 4) is 10.6 Å². The first-order chi connectivity index (χ1) is 16.2. The van der Waals surface area contributed by atoms with Crippen molar-refractivity contribution in [2.45, 2.75) is 31.5 Å².